The number of piperidine rings is 1. The van der Waals surface area contributed by atoms with E-state index in [0.29, 0.717) is 29.1 Å². The number of nitrogens with one attached hydrogen (secondary N) is 2. The third-order valence-corrected chi connectivity index (χ3v) is 7.77. The van der Waals surface area contributed by atoms with Gasteiger partial charge in [0, 0.05) is 29.2 Å². The molecule has 6 rings (SSSR count). The molecule has 3 fully saturated rings. The van der Waals surface area contributed by atoms with E-state index in [1.54, 1.807) is 10.7 Å². The Hall–Kier alpha value is -3.38. The molecule has 202 valence electrons. The van der Waals surface area contributed by atoms with Crippen molar-refractivity contribution in [3.05, 3.63) is 36.0 Å². The average Bonchev–Trinajstić information content (AvgIpc) is 3.40. The predicted molar refractivity (Wildman–Crippen MR) is 139 cm³/mol. The summed E-state index contributed by atoms with van der Waals surface area (Å²) in [4.78, 5) is 11.3. The van der Waals surface area contributed by atoms with Crippen LogP contribution in [-0.2, 0) is 0 Å². The van der Waals surface area contributed by atoms with Gasteiger partial charge in [-0.1, -0.05) is 0 Å². The summed E-state index contributed by atoms with van der Waals surface area (Å²) in [6.45, 7) is 5.72. The lowest BCUT2D eigenvalue weighted by molar-refractivity contribution is 0.0500. The largest absolute Gasteiger partial charge is 0.489 e. The van der Waals surface area contributed by atoms with Crippen molar-refractivity contribution in [1.29, 1.82) is 0 Å². The summed E-state index contributed by atoms with van der Waals surface area (Å²) in [7, 11) is 0. The van der Waals surface area contributed by atoms with Crippen LogP contribution in [0.4, 0.5) is 21.8 Å². The fraction of sp³-hybridized carbons (Fsp3) is 0.577. The molecule has 38 heavy (non-hydrogen) atoms. The van der Waals surface area contributed by atoms with Gasteiger partial charge in [0.05, 0.1) is 12.8 Å². The van der Waals surface area contributed by atoms with E-state index < -0.39 is 5.82 Å². The molecule has 2 unspecified atom stereocenters. The van der Waals surface area contributed by atoms with E-state index in [1.165, 1.54) is 19.0 Å². The molecular weight excluding hydrogens is 489 g/mol. The number of aliphatic hydroxyl groups excluding tert-OH is 1. The van der Waals surface area contributed by atoms with Crippen molar-refractivity contribution in [2.45, 2.75) is 75.9 Å². The van der Waals surface area contributed by atoms with Gasteiger partial charge in [-0.05, 0) is 87.5 Å². The number of aliphatic hydroxyl groups is 1. The lowest BCUT2D eigenvalue weighted by Gasteiger charge is -2.47. The molecule has 11 nitrogen and oxygen atoms in total. The zero-order chi connectivity index (χ0) is 26.3. The van der Waals surface area contributed by atoms with Gasteiger partial charge in [0.15, 0.2) is 17.5 Å². The van der Waals surface area contributed by atoms with E-state index in [4.69, 9.17) is 4.74 Å². The maximum absolute atomic E-state index is 14.8. The number of hydrogen-bond acceptors (Lipinski definition) is 10. The summed E-state index contributed by atoms with van der Waals surface area (Å²) in [6, 6.07) is 6.10. The lowest BCUT2D eigenvalue weighted by atomic mass is 9.84. The average molecular weight is 524 g/mol. The SMILES string of the molecule is CC1(C)CC(Nc2nc(Nc3ccc(OCCO)c(-n4nnnc4C4CC4)c3)ncc2F)CC2CCCN21. The van der Waals surface area contributed by atoms with Crippen LogP contribution in [0.2, 0.25) is 0 Å². The Morgan fingerprint density at radius 2 is 2.11 bits per heavy atom. The molecule has 1 aromatic carbocycles. The molecule has 0 spiro atoms. The Bertz CT molecular complexity index is 1300. The third kappa shape index (κ3) is 5.02. The summed E-state index contributed by atoms with van der Waals surface area (Å²) in [5, 5.41) is 28.0. The van der Waals surface area contributed by atoms with Gasteiger partial charge in [0.1, 0.15) is 18.0 Å². The quantitative estimate of drug-likeness (QED) is 0.384. The number of anilines is 3. The van der Waals surface area contributed by atoms with E-state index >= 15 is 0 Å². The minimum Gasteiger partial charge on any atom is -0.489 e. The molecule has 1 aliphatic carbocycles. The van der Waals surface area contributed by atoms with Crippen molar-refractivity contribution in [3.63, 3.8) is 0 Å². The number of benzene rings is 1. The number of rotatable bonds is 9. The normalized spacial score (nSPS) is 22.7. The van der Waals surface area contributed by atoms with Crippen LogP contribution in [0.5, 0.6) is 5.75 Å². The van der Waals surface area contributed by atoms with Crippen molar-refractivity contribution < 1.29 is 14.2 Å². The summed E-state index contributed by atoms with van der Waals surface area (Å²) in [5.74, 6) is 1.65. The van der Waals surface area contributed by atoms with E-state index in [9.17, 15) is 9.50 Å². The summed E-state index contributed by atoms with van der Waals surface area (Å²) >= 11 is 0. The molecular formula is C26H34FN9O2. The summed E-state index contributed by atoms with van der Waals surface area (Å²) < 4.78 is 22.2. The number of tetrazole rings is 1. The molecule has 0 bridgehead atoms. The van der Waals surface area contributed by atoms with Crippen LogP contribution in [0.3, 0.4) is 0 Å². The first-order valence-electron chi connectivity index (χ1n) is 13.4. The first-order chi connectivity index (χ1) is 18.4. The second-order valence-corrected chi connectivity index (χ2v) is 11.1. The number of hydrogen-bond donors (Lipinski definition) is 3. The van der Waals surface area contributed by atoms with Gasteiger partial charge < -0.3 is 20.5 Å². The van der Waals surface area contributed by atoms with Crippen LogP contribution in [-0.4, -0.2) is 77.6 Å². The molecule has 3 aromatic rings. The Labute approximate surface area is 220 Å². The van der Waals surface area contributed by atoms with E-state index in [1.807, 2.05) is 12.1 Å². The van der Waals surface area contributed by atoms with Crippen LogP contribution in [0, 0.1) is 5.82 Å². The number of fused-ring (bicyclic) bond motifs is 1. The summed E-state index contributed by atoms with van der Waals surface area (Å²) in [6.07, 6.45) is 7.58. The van der Waals surface area contributed by atoms with Crippen LogP contribution >= 0.6 is 0 Å². The molecule has 12 heteroatoms. The minimum atomic E-state index is -0.474. The maximum atomic E-state index is 14.8. The molecule has 2 aliphatic heterocycles. The van der Waals surface area contributed by atoms with Crippen molar-refractivity contribution in [1.82, 2.24) is 35.1 Å². The van der Waals surface area contributed by atoms with E-state index in [2.05, 4.69) is 54.9 Å². The first kappa shape index (κ1) is 24.9. The van der Waals surface area contributed by atoms with Crippen molar-refractivity contribution in [2.75, 3.05) is 30.4 Å². The highest BCUT2D eigenvalue weighted by molar-refractivity contribution is 5.63. The monoisotopic (exact) mass is 523 g/mol. The topological polar surface area (TPSA) is 126 Å². The fourth-order valence-electron chi connectivity index (χ4n) is 5.97. The third-order valence-electron chi connectivity index (χ3n) is 7.77. The standard InChI is InChI=1S/C26H34FN9O2/c1-26(2)14-18(12-19-4-3-9-35(19)26)29-23-20(27)15-28-25(31-23)30-17-7-8-22(38-11-10-37)21(13-17)36-24(16-5-6-16)32-33-34-36/h7-8,13,15-16,18-19,37H,3-6,9-12,14H2,1-2H3,(H2,28,29,30,31). The van der Waals surface area contributed by atoms with Crippen molar-refractivity contribution in [3.8, 4) is 11.4 Å². The first-order valence-corrected chi connectivity index (χ1v) is 13.4. The van der Waals surface area contributed by atoms with Gasteiger partial charge in [-0.2, -0.15) is 9.67 Å². The van der Waals surface area contributed by atoms with Crippen LogP contribution < -0.4 is 15.4 Å². The number of ether oxygens (including phenoxy) is 1. The molecule has 2 aromatic heterocycles. The fourth-order valence-corrected chi connectivity index (χ4v) is 5.97. The van der Waals surface area contributed by atoms with Gasteiger partial charge in [-0.15, -0.1) is 5.10 Å². The lowest BCUT2D eigenvalue weighted by Crippen LogP contribution is -2.55. The highest BCUT2D eigenvalue weighted by atomic mass is 19.1. The van der Waals surface area contributed by atoms with Gasteiger partial charge >= 0.3 is 0 Å². The number of halogens is 1. The molecule has 3 N–H and O–H groups in total. The van der Waals surface area contributed by atoms with Gasteiger partial charge in [0.2, 0.25) is 5.95 Å². The maximum Gasteiger partial charge on any atom is 0.229 e. The highest BCUT2D eigenvalue weighted by Crippen LogP contribution is 2.41. The Morgan fingerprint density at radius 1 is 1.24 bits per heavy atom. The molecule has 2 saturated heterocycles. The van der Waals surface area contributed by atoms with E-state index in [0.717, 1.165) is 38.1 Å². The zero-order valence-electron chi connectivity index (χ0n) is 21.8. The Balaban J connectivity index is 1.23. The van der Waals surface area contributed by atoms with Crippen molar-refractivity contribution in [2.24, 2.45) is 0 Å². The van der Waals surface area contributed by atoms with Crippen LogP contribution in [0.15, 0.2) is 24.4 Å². The minimum absolute atomic E-state index is 0.0629. The highest BCUT2D eigenvalue weighted by Gasteiger charge is 2.43. The number of aromatic nitrogens is 6. The molecule has 1 saturated carbocycles. The molecule has 2 atom stereocenters. The second kappa shape index (κ2) is 10.1. The molecule has 0 amide bonds. The van der Waals surface area contributed by atoms with Crippen LogP contribution in [0.25, 0.3) is 5.69 Å². The Kier molecular flexibility index (Phi) is 6.60. The van der Waals surface area contributed by atoms with Crippen LogP contribution in [0.1, 0.15) is 64.1 Å². The zero-order valence-corrected chi connectivity index (χ0v) is 21.8. The van der Waals surface area contributed by atoms with E-state index in [-0.39, 0.29) is 36.6 Å². The smallest absolute Gasteiger partial charge is 0.229 e. The molecule has 4 heterocycles. The van der Waals surface area contributed by atoms with Gasteiger partial charge in [-0.25, -0.2) is 9.37 Å². The number of nitrogens with zero attached hydrogens (tertiary/aromatic N) is 7. The van der Waals surface area contributed by atoms with Gasteiger partial charge in [-0.3, -0.25) is 4.90 Å². The van der Waals surface area contributed by atoms with Gasteiger partial charge in [0.25, 0.3) is 0 Å². The second-order valence-electron chi connectivity index (χ2n) is 11.1. The Morgan fingerprint density at radius 3 is 2.92 bits per heavy atom. The van der Waals surface area contributed by atoms with Crippen molar-refractivity contribution >= 4 is 17.5 Å². The molecule has 3 aliphatic rings. The predicted octanol–water partition coefficient (Wildman–Crippen LogP) is 3.40. The molecule has 0 radical (unpaired) electrons. The summed E-state index contributed by atoms with van der Waals surface area (Å²) in [5.41, 5.74) is 1.38.